The predicted octanol–water partition coefficient (Wildman–Crippen LogP) is 4.06. The highest BCUT2D eigenvalue weighted by Crippen LogP contribution is 2.19. The summed E-state index contributed by atoms with van der Waals surface area (Å²) in [6.07, 6.45) is 0.977. The molecule has 0 radical (unpaired) electrons. The average Bonchev–Trinajstić information content (AvgIpc) is 2.50. The van der Waals surface area contributed by atoms with Gasteiger partial charge >= 0.3 is 6.09 Å². The van der Waals surface area contributed by atoms with E-state index in [0.29, 0.717) is 12.5 Å². The third-order valence-electron chi connectivity index (χ3n) is 3.42. The van der Waals surface area contributed by atoms with Crippen LogP contribution in [-0.2, 0) is 4.74 Å². The molecule has 1 unspecified atom stereocenters. The second-order valence-corrected chi connectivity index (χ2v) is 7.17. The summed E-state index contributed by atoms with van der Waals surface area (Å²) in [5, 5.41) is 12.7. The van der Waals surface area contributed by atoms with Crippen molar-refractivity contribution >= 4 is 6.09 Å². The summed E-state index contributed by atoms with van der Waals surface area (Å²) < 4.78 is 10.9. The van der Waals surface area contributed by atoms with Gasteiger partial charge in [0, 0.05) is 0 Å². The fraction of sp³-hybridized carbons (Fsp3) is 0.632. The van der Waals surface area contributed by atoms with Crippen molar-refractivity contribution in [1.82, 2.24) is 5.32 Å². The molecule has 1 rings (SSSR count). The average molecular weight is 337 g/mol. The molecule has 5 nitrogen and oxygen atoms in total. The van der Waals surface area contributed by atoms with Gasteiger partial charge in [-0.2, -0.15) is 0 Å². The van der Waals surface area contributed by atoms with Crippen molar-refractivity contribution < 1.29 is 19.4 Å². The summed E-state index contributed by atoms with van der Waals surface area (Å²) in [6.45, 7) is 10.5. The van der Waals surface area contributed by atoms with E-state index in [4.69, 9.17) is 9.47 Å². The maximum atomic E-state index is 11.6. The van der Waals surface area contributed by atoms with Crippen LogP contribution >= 0.6 is 0 Å². The Balaban J connectivity index is 2.43. The number of hydrogen-bond donors (Lipinski definition) is 2. The summed E-state index contributed by atoms with van der Waals surface area (Å²) in [6, 6.07) is 7.29. The van der Waals surface area contributed by atoms with Gasteiger partial charge in [-0.25, -0.2) is 4.79 Å². The molecule has 1 aromatic rings. The SMILES string of the molecule is CCCC(C)COc1ccc([C@H](O)CNC(=O)OC(C)(C)C)cc1. The zero-order valence-corrected chi connectivity index (χ0v) is 15.5. The van der Waals surface area contributed by atoms with Gasteiger partial charge in [-0.05, 0) is 50.8 Å². The Bertz CT molecular complexity index is 493. The second-order valence-electron chi connectivity index (χ2n) is 7.17. The number of rotatable bonds is 8. The molecule has 0 aliphatic rings. The van der Waals surface area contributed by atoms with Crippen LogP contribution in [0.15, 0.2) is 24.3 Å². The molecule has 0 saturated heterocycles. The van der Waals surface area contributed by atoms with Gasteiger partial charge in [-0.15, -0.1) is 0 Å². The number of carbonyl (C=O) groups is 1. The van der Waals surface area contributed by atoms with Crippen molar-refractivity contribution in [1.29, 1.82) is 0 Å². The van der Waals surface area contributed by atoms with E-state index < -0.39 is 17.8 Å². The molecule has 0 aliphatic carbocycles. The van der Waals surface area contributed by atoms with E-state index in [2.05, 4.69) is 19.2 Å². The minimum Gasteiger partial charge on any atom is -0.493 e. The second kappa shape index (κ2) is 9.52. The molecule has 0 heterocycles. The van der Waals surface area contributed by atoms with Crippen molar-refractivity contribution in [2.45, 2.75) is 59.2 Å². The number of aliphatic hydroxyl groups excluding tert-OH is 1. The molecule has 24 heavy (non-hydrogen) atoms. The van der Waals surface area contributed by atoms with E-state index in [1.807, 2.05) is 12.1 Å². The number of carbonyl (C=O) groups excluding carboxylic acids is 1. The normalized spacial score (nSPS) is 13.9. The largest absolute Gasteiger partial charge is 0.493 e. The smallest absolute Gasteiger partial charge is 0.407 e. The first-order valence-electron chi connectivity index (χ1n) is 8.59. The lowest BCUT2D eigenvalue weighted by Crippen LogP contribution is -2.34. The van der Waals surface area contributed by atoms with Crippen LogP contribution in [0, 0.1) is 5.92 Å². The van der Waals surface area contributed by atoms with Crippen LogP contribution in [0.25, 0.3) is 0 Å². The highest BCUT2D eigenvalue weighted by atomic mass is 16.6. The fourth-order valence-corrected chi connectivity index (χ4v) is 2.21. The summed E-state index contributed by atoms with van der Waals surface area (Å²) >= 11 is 0. The van der Waals surface area contributed by atoms with Gasteiger partial charge in [0.25, 0.3) is 0 Å². The predicted molar refractivity (Wildman–Crippen MR) is 95.2 cm³/mol. The van der Waals surface area contributed by atoms with E-state index in [9.17, 15) is 9.90 Å². The number of nitrogens with one attached hydrogen (secondary N) is 1. The fourth-order valence-electron chi connectivity index (χ4n) is 2.21. The van der Waals surface area contributed by atoms with E-state index in [1.54, 1.807) is 32.9 Å². The van der Waals surface area contributed by atoms with Crippen molar-refractivity contribution in [3.63, 3.8) is 0 Å². The first-order valence-corrected chi connectivity index (χ1v) is 8.59. The van der Waals surface area contributed by atoms with E-state index in [1.165, 1.54) is 0 Å². The molecule has 2 atom stereocenters. The number of ether oxygens (including phenoxy) is 2. The van der Waals surface area contributed by atoms with Gasteiger partial charge in [0.05, 0.1) is 19.3 Å². The molecule has 0 fully saturated rings. The molecule has 0 aromatic heterocycles. The molecular weight excluding hydrogens is 306 g/mol. The van der Waals surface area contributed by atoms with Gasteiger partial charge in [-0.3, -0.25) is 0 Å². The Morgan fingerprint density at radius 2 is 1.88 bits per heavy atom. The maximum absolute atomic E-state index is 11.6. The number of amides is 1. The van der Waals surface area contributed by atoms with Crippen molar-refractivity contribution in [2.75, 3.05) is 13.2 Å². The van der Waals surface area contributed by atoms with Crippen LogP contribution < -0.4 is 10.1 Å². The van der Waals surface area contributed by atoms with Crippen LogP contribution in [0.5, 0.6) is 5.75 Å². The monoisotopic (exact) mass is 337 g/mol. The molecule has 0 bridgehead atoms. The lowest BCUT2D eigenvalue weighted by molar-refractivity contribution is 0.0491. The summed E-state index contributed by atoms with van der Waals surface area (Å²) in [5.74, 6) is 1.31. The number of benzene rings is 1. The minimum atomic E-state index is -0.786. The van der Waals surface area contributed by atoms with Crippen molar-refractivity contribution in [3.8, 4) is 5.75 Å². The molecule has 0 spiro atoms. The number of hydrogen-bond acceptors (Lipinski definition) is 4. The lowest BCUT2D eigenvalue weighted by Gasteiger charge is -2.20. The van der Waals surface area contributed by atoms with Crippen LogP contribution in [0.4, 0.5) is 4.79 Å². The molecule has 5 heteroatoms. The quantitative estimate of drug-likeness (QED) is 0.750. The van der Waals surface area contributed by atoms with E-state index in [-0.39, 0.29) is 6.54 Å². The summed E-state index contributed by atoms with van der Waals surface area (Å²) in [4.78, 5) is 11.6. The van der Waals surface area contributed by atoms with Crippen LogP contribution in [0.2, 0.25) is 0 Å². The van der Waals surface area contributed by atoms with Crippen LogP contribution in [0.3, 0.4) is 0 Å². The maximum Gasteiger partial charge on any atom is 0.407 e. The number of alkyl carbamates (subject to hydrolysis) is 1. The first kappa shape index (κ1) is 20.3. The third kappa shape index (κ3) is 8.20. The highest BCUT2D eigenvalue weighted by molar-refractivity contribution is 5.67. The van der Waals surface area contributed by atoms with Gasteiger partial charge in [0.1, 0.15) is 11.4 Å². The van der Waals surface area contributed by atoms with Gasteiger partial charge in [-0.1, -0.05) is 32.4 Å². The first-order chi connectivity index (χ1) is 11.2. The Morgan fingerprint density at radius 1 is 1.25 bits per heavy atom. The zero-order chi connectivity index (χ0) is 18.2. The Morgan fingerprint density at radius 3 is 2.42 bits per heavy atom. The summed E-state index contributed by atoms with van der Waals surface area (Å²) in [5.41, 5.74) is 0.170. The Kier molecular flexibility index (Phi) is 8.05. The van der Waals surface area contributed by atoms with Crippen LogP contribution in [-0.4, -0.2) is 30.0 Å². The van der Waals surface area contributed by atoms with Gasteiger partial charge in [0.2, 0.25) is 0 Å². The van der Waals surface area contributed by atoms with E-state index >= 15 is 0 Å². The molecule has 1 amide bonds. The number of aliphatic hydroxyl groups is 1. The standard InChI is InChI=1S/C19H31NO4/c1-6-7-14(2)13-23-16-10-8-15(9-11-16)17(21)12-20-18(22)24-19(3,4)5/h8-11,14,17,21H,6-7,12-13H2,1-5H3,(H,20,22)/t14?,17-/m1/s1. The summed E-state index contributed by atoms with van der Waals surface area (Å²) in [7, 11) is 0. The third-order valence-corrected chi connectivity index (χ3v) is 3.42. The molecule has 1 aromatic carbocycles. The molecule has 2 N–H and O–H groups in total. The zero-order valence-electron chi connectivity index (χ0n) is 15.5. The molecular formula is C19H31NO4. The van der Waals surface area contributed by atoms with Gasteiger partial charge < -0.3 is 19.9 Å². The lowest BCUT2D eigenvalue weighted by atomic mass is 10.1. The van der Waals surface area contributed by atoms with Crippen LogP contribution in [0.1, 0.15) is 59.1 Å². The molecule has 0 saturated carbocycles. The Labute approximate surface area is 145 Å². The van der Waals surface area contributed by atoms with Gasteiger partial charge in [0.15, 0.2) is 0 Å². The molecule has 0 aliphatic heterocycles. The molecule has 136 valence electrons. The topological polar surface area (TPSA) is 67.8 Å². The van der Waals surface area contributed by atoms with Crippen molar-refractivity contribution in [3.05, 3.63) is 29.8 Å². The van der Waals surface area contributed by atoms with E-state index in [0.717, 1.165) is 24.2 Å². The van der Waals surface area contributed by atoms with Crippen molar-refractivity contribution in [2.24, 2.45) is 5.92 Å². The minimum absolute atomic E-state index is 0.0999. The Hall–Kier alpha value is -1.75. The highest BCUT2D eigenvalue weighted by Gasteiger charge is 2.17.